The minimum atomic E-state index is 0.785. The minimum absolute atomic E-state index is 0.785. The second-order valence-corrected chi connectivity index (χ2v) is 3.61. The number of carbonyl (C=O) groups excluding carboxylic acids is 1. The van der Waals surface area contributed by atoms with Crippen LogP contribution in [0.2, 0.25) is 0 Å². The Labute approximate surface area is 79.6 Å². The normalized spacial score (nSPS) is 10.2. The van der Waals surface area contributed by atoms with Crippen LogP contribution in [0.15, 0.2) is 23.7 Å². The molecule has 0 saturated heterocycles. The Hall–Kier alpha value is -1.42. The summed E-state index contributed by atoms with van der Waals surface area (Å²) in [4.78, 5) is 16.2. The summed E-state index contributed by atoms with van der Waals surface area (Å²) in [5.41, 5.74) is 3.61. The molecule has 1 aromatic heterocycles. The Morgan fingerprint density at radius 2 is 2.38 bits per heavy atom. The quantitative estimate of drug-likeness (QED) is 0.681. The molecule has 3 nitrogen and oxygen atoms in total. The summed E-state index contributed by atoms with van der Waals surface area (Å²) in [6, 6.07) is 5.79. The van der Waals surface area contributed by atoms with Gasteiger partial charge in [0.05, 0.1) is 15.7 Å². The third kappa shape index (κ3) is 1.40. The number of anilines is 1. The Morgan fingerprint density at radius 3 is 3.15 bits per heavy atom. The summed E-state index contributed by atoms with van der Waals surface area (Å²) in [6.45, 7) is 0. The number of hydrogen-bond acceptors (Lipinski definition) is 3. The van der Waals surface area contributed by atoms with Crippen LogP contribution in [-0.4, -0.2) is 18.4 Å². The Morgan fingerprint density at radius 1 is 1.54 bits per heavy atom. The van der Waals surface area contributed by atoms with E-state index in [2.05, 4.69) is 4.98 Å². The average molecular weight is 192 g/mol. The maximum atomic E-state index is 10.5. The van der Waals surface area contributed by atoms with Gasteiger partial charge in [-0.15, -0.1) is 11.3 Å². The molecule has 0 spiro atoms. The molecule has 2 aromatic rings. The lowest BCUT2D eigenvalue weighted by atomic mass is 10.3. The van der Waals surface area contributed by atoms with Crippen LogP contribution in [-0.2, 0) is 4.79 Å². The fraction of sp³-hybridized carbons (Fsp3) is 0.111. The van der Waals surface area contributed by atoms with E-state index in [1.807, 2.05) is 18.2 Å². The van der Waals surface area contributed by atoms with E-state index in [-0.39, 0.29) is 0 Å². The molecule has 0 fully saturated rings. The molecule has 0 bridgehead atoms. The number of rotatable bonds is 2. The number of thiazole rings is 1. The first-order valence-electron chi connectivity index (χ1n) is 3.82. The van der Waals surface area contributed by atoms with Crippen LogP contribution in [0.3, 0.4) is 0 Å². The van der Waals surface area contributed by atoms with Gasteiger partial charge in [-0.3, -0.25) is 4.79 Å². The van der Waals surface area contributed by atoms with Crippen molar-refractivity contribution < 1.29 is 4.79 Å². The molecule has 1 amide bonds. The molecule has 0 aliphatic rings. The lowest BCUT2D eigenvalue weighted by Crippen LogP contribution is -2.13. The third-order valence-corrected chi connectivity index (χ3v) is 2.69. The van der Waals surface area contributed by atoms with Gasteiger partial charge in [-0.05, 0) is 18.2 Å². The molecule has 0 aliphatic heterocycles. The van der Waals surface area contributed by atoms with Crippen LogP contribution in [0, 0.1) is 0 Å². The summed E-state index contributed by atoms with van der Waals surface area (Å²) >= 11 is 1.60. The topological polar surface area (TPSA) is 33.2 Å². The van der Waals surface area contributed by atoms with Crippen molar-refractivity contribution in [3.8, 4) is 0 Å². The van der Waals surface area contributed by atoms with Crippen LogP contribution < -0.4 is 4.90 Å². The average Bonchev–Trinajstić information content (AvgIpc) is 2.63. The number of carbonyl (C=O) groups is 1. The zero-order valence-electron chi connectivity index (χ0n) is 7.10. The smallest absolute Gasteiger partial charge is 0.213 e. The molecule has 1 aromatic carbocycles. The fourth-order valence-electron chi connectivity index (χ4n) is 1.13. The highest BCUT2D eigenvalue weighted by molar-refractivity contribution is 7.16. The van der Waals surface area contributed by atoms with Gasteiger partial charge in [0.2, 0.25) is 6.41 Å². The zero-order valence-corrected chi connectivity index (χ0v) is 7.91. The predicted molar refractivity (Wildman–Crippen MR) is 54.1 cm³/mol. The van der Waals surface area contributed by atoms with E-state index in [1.54, 1.807) is 23.9 Å². The Kier molecular flexibility index (Phi) is 1.98. The first kappa shape index (κ1) is 8.19. The molecule has 0 radical (unpaired) electrons. The molecular formula is C9H8N2OS. The van der Waals surface area contributed by atoms with E-state index < -0.39 is 0 Å². The molecule has 0 atom stereocenters. The molecule has 0 unspecified atom stereocenters. The van der Waals surface area contributed by atoms with Crippen molar-refractivity contribution in [2.24, 2.45) is 0 Å². The van der Waals surface area contributed by atoms with Crippen LogP contribution in [0.1, 0.15) is 0 Å². The predicted octanol–water partition coefficient (Wildman–Crippen LogP) is 1.89. The van der Waals surface area contributed by atoms with Crippen molar-refractivity contribution in [3.05, 3.63) is 23.7 Å². The van der Waals surface area contributed by atoms with Crippen molar-refractivity contribution in [2.45, 2.75) is 0 Å². The minimum Gasteiger partial charge on any atom is -0.318 e. The van der Waals surface area contributed by atoms with Gasteiger partial charge >= 0.3 is 0 Å². The number of amides is 1. The number of benzene rings is 1. The molecule has 0 N–H and O–H groups in total. The highest BCUT2D eigenvalue weighted by Crippen LogP contribution is 2.22. The van der Waals surface area contributed by atoms with Gasteiger partial charge < -0.3 is 4.90 Å². The van der Waals surface area contributed by atoms with E-state index in [9.17, 15) is 4.79 Å². The molecule has 0 saturated carbocycles. The summed E-state index contributed by atoms with van der Waals surface area (Å²) in [5, 5.41) is 0. The van der Waals surface area contributed by atoms with Crippen molar-refractivity contribution >= 4 is 33.7 Å². The Bertz CT molecular complexity index is 438. The molecule has 66 valence electrons. The number of fused-ring (bicyclic) bond motifs is 1. The second-order valence-electron chi connectivity index (χ2n) is 2.72. The van der Waals surface area contributed by atoms with Gasteiger partial charge in [0.1, 0.15) is 0 Å². The molecule has 2 rings (SSSR count). The standard InChI is InChI=1S/C9H8N2OS/c1-11(6-12)7-2-3-9-8(4-7)10-5-13-9/h2-6H,1H3. The summed E-state index contributed by atoms with van der Waals surface area (Å²) < 4.78 is 1.14. The van der Waals surface area contributed by atoms with Crippen LogP contribution >= 0.6 is 11.3 Å². The molecular weight excluding hydrogens is 184 g/mol. The van der Waals surface area contributed by atoms with E-state index in [0.29, 0.717) is 0 Å². The van der Waals surface area contributed by atoms with E-state index in [0.717, 1.165) is 22.3 Å². The third-order valence-electron chi connectivity index (χ3n) is 1.88. The van der Waals surface area contributed by atoms with E-state index in [4.69, 9.17) is 0 Å². The van der Waals surface area contributed by atoms with E-state index in [1.165, 1.54) is 4.90 Å². The molecule has 4 heteroatoms. The van der Waals surface area contributed by atoms with Crippen LogP contribution in [0.25, 0.3) is 10.2 Å². The summed E-state index contributed by atoms with van der Waals surface area (Å²) in [7, 11) is 1.72. The first-order chi connectivity index (χ1) is 6.31. The van der Waals surface area contributed by atoms with Crippen molar-refractivity contribution in [3.63, 3.8) is 0 Å². The van der Waals surface area contributed by atoms with Gasteiger partial charge in [0.25, 0.3) is 0 Å². The molecule has 1 heterocycles. The van der Waals surface area contributed by atoms with Gasteiger partial charge in [-0.2, -0.15) is 0 Å². The second kappa shape index (κ2) is 3.14. The first-order valence-corrected chi connectivity index (χ1v) is 4.70. The highest BCUT2D eigenvalue weighted by Gasteiger charge is 2.01. The van der Waals surface area contributed by atoms with Crippen molar-refractivity contribution in [1.29, 1.82) is 0 Å². The van der Waals surface area contributed by atoms with Crippen LogP contribution in [0.4, 0.5) is 5.69 Å². The molecule has 0 aliphatic carbocycles. The molecule has 13 heavy (non-hydrogen) atoms. The summed E-state index contributed by atoms with van der Waals surface area (Å²) in [5.74, 6) is 0. The maximum absolute atomic E-state index is 10.5. The Balaban J connectivity index is 2.53. The van der Waals surface area contributed by atoms with E-state index >= 15 is 0 Å². The lowest BCUT2D eigenvalue weighted by molar-refractivity contribution is -0.107. The van der Waals surface area contributed by atoms with Crippen molar-refractivity contribution in [1.82, 2.24) is 4.98 Å². The largest absolute Gasteiger partial charge is 0.318 e. The maximum Gasteiger partial charge on any atom is 0.213 e. The zero-order chi connectivity index (χ0) is 9.26. The monoisotopic (exact) mass is 192 g/mol. The van der Waals surface area contributed by atoms with Gasteiger partial charge in [-0.25, -0.2) is 4.98 Å². The van der Waals surface area contributed by atoms with Crippen molar-refractivity contribution in [2.75, 3.05) is 11.9 Å². The number of aromatic nitrogens is 1. The van der Waals surface area contributed by atoms with Gasteiger partial charge in [0.15, 0.2) is 0 Å². The lowest BCUT2D eigenvalue weighted by Gasteiger charge is -2.09. The number of nitrogens with zero attached hydrogens (tertiary/aromatic N) is 2. The summed E-state index contributed by atoms with van der Waals surface area (Å²) in [6.07, 6.45) is 0.785. The fourth-order valence-corrected chi connectivity index (χ4v) is 1.79. The SMILES string of the molecule is CN(C=O)c1ccc2scnc2c1. The number of hydrogen-bond donors (Lipinski definition) is 0. The van der Waals surface area contributed by atoms with Gasteiger partial charge in [-0.1, -0.05) is 0 Å². The van der Waals surface area contributed by atoms with Crippen LogP contribution in [0.5, 0.6) is 0 Å². The highest BCUT2D eigenvalue weighted by atomic mass is 32.1. The van der Waals surface area contributed by atoms with Gasteiger partial charge in [0, 0.05) is 12.7 Å².